The van der Waals surface area contributed by atoms with Crippen LogP contribution >= 0.6 is 0 Å². The minimum absolute atomic E-state index is 0.402. The molecule has 0 bridgehead atoms. The van der Waals surface area contributed by atoms with Gasteiger partial charge in [0.05, 0.1) is 16.5 Å². The number of hydrogen-bond donors (Lipinski definition) is 0. The average molecular weight is 385 g/mol. The molecule has 0 spiro atoms. The van der Waals surface area contributed by atoms with Crippen LogP contribution in [0.4, 0.5) is 5.82 Å². The number of piperidine rings is 1. The van der Waals surface area contributed by atoms with Gasteiger partial charge in [0.1, 0.15) is 5.82 Å². The average Bonchev–Trinajstić information content (AvgIpc) is 3.12. The third-order valence-electron chi connectivity index (χ3n) is 5.03. The van der Waals surface area contributed by atoms with Crippen molar-refractivity contribution in [2.75, 3.05) is 32.1 Å². The largest absolute Gasteiger partial charge is 0.355 e. The highest BCUT2D eigenvalue weighted by atomic mass is 32.2. The first kappa shape index (κ1) is 17.9. The third-order valence-corrected chi connectivity index (χ3v) is 7.27. The number of rotatable bonds is 4. The summed E-state index contributed by atoms with van der Waals surface area (Å²) in [6.45, 7) is 1.26. The molecule has 4 rings (SSSR count). The van der Waals surface area contributed by atoms with Crippen molar-refractivity contribution in [3.63, 3.8) is 0 Å². The summed E-state index contributed by atoms with van der Waals surface area (Å²) in [5.41, 5.74) is 1.84. The van der Waals surface area contributed by atoms with Gasteiger partial charge < -0.3 is 4.90 Å². The van der Waals surface area contributed by atoms with Crippen LogP contribution in [0.25, 0.3) is 16.6 Å². The van der Waals surface area contributed by atoms with Gasteiger partial charge >= 0.3 is 0 Å². The Kier molecular flexibility index (Phi) is 4.61. The topological polar surface area (TPSA) is 71.3 Å². The first-order valence-electron chi connectivity index (χ1n) is 9.02. The molecule has 0 amide bonds. The lowest BCUT2D eigenvalue weighted by Gasteiger charge is -2.34. The van der Waals surface area contributed by atoms with E-state index in [1.807, 2.05) is 47.3 Å². The van der Waals surface area contributed by atoms with E-state index in [2.05, 4.69) is 15.0 Å². The molecule has 3 heterocycles. The van der Waals surface area contributed by atoms with E-state index in [0.717, 1.165) is 35.4 Å². The lowest BCUT2D eigenvalue weighted by atomic mass is 10.1. The maximum Gasteiger partial charge on any atom is 0.218 e. The molecule has 2 aromatic heterocycles. The summed E-state index contributed by atoms with van der Waals surface area (Å²) in [7, 11) is -0.0870. The van der Waals surface area contributed by atoms with Crippen LogP contribution in [-0.4, -0.2) is 59.9 Å². The number of anilines is 1. The van der Waals surface area contributed by atoms with Crippen LogP contribution in [0.1, 0.15) is 12.8 Å². The smallest absolute Gasteiger partial charge is 0.218 e. The van der Waals surface area contributed by atoms with Crippen molar-refractivity contribution in [3.05, 3.63) is 48.8 Å². The standard InChI is InChI=1S/C19H23N5O2S/c1-22(2)27(25,26)17-9-6-10-23(14-17)19-11-18-15(12-20-19)13-24(21-18)16-7-4-3-5-8-16/h3-5,7-8,11-13,17H,6,9-10,14H2,1-2H3. The predicted molar refractivity (Wildman–Crippen MR) is 107 cm³/mol. The molecule has 1 saturated heterocycles. The molecule has 0 radical (unpaired) electrons. The Bertz CT molecular complexity index is 1050. The number of pyridine rings is 1. The summed E-state index contributed by atoms with van der Waals surface area (Å²) in [5.74, 6) is 0.777. The molecular weight excluding hydrogens is 362 g/mol. The molecule has 1 aromatic carbocycles. The molecule has 8 heteroatoms. The molecular formula is C19H23N5O2S. The van der Waals surface area contributed by atoms with E-state index in [-0.39, 0.29) is 0 Å². The van der Waals surface area contributed by atoms with Gasteiger partial charge in [0.15, 0.2) is 0 Å². The Morgan fingerprint density at radius 2 is 1.96 bits per heavy atom. The number of benzene rings is 1. The van der Waals surface area contributed by atoms with Gasteiger partial charge in [-0.1, -0.05) is 18.2 Å². The van der Waals surface area contributed by atoms with E-state index in [0.29, 0.717) is 13.0 Å². The van der Waals surface area contributed by atoms with Crippen molar-refractivity contribution in [3.8, 4) is 5.69 Å². The van der Waals surface area contributed by atoms with Gasteiger partial charge in [0.2, 0.25) is 10.0 Å². The van der Waals surface area contributed by atoms with Crippen molar-refractivity contribution >= 4 is 26.7 Å². The molecule has 27 heavy (non-hydrogen) atoms. The fraction of sp³-hybridized carbons (Fsp3) is 0.368. The van der Waals surface area contributed by atoms with Gasteiger partial charge in [-0.3, -0.25) is 0 Å². The fourth-order valence-electron chi connectivity index (χ4n) is 3.48. The first-order valence-corrected chi connectivity index (χ1v) is 10.5. The lowest BCUT2D eigenvalue weighted by Crippen LogP contribution is -2.46. The van der Waals surface area contributed by atoms with Gasteiger partial charge in [-0.15, -0.1) is 0 Å². The van der Waals surface area contributed by atoms with Gasteiger partial charge in [0, 0.05) is 51.0 Å². The molecule has 1 fully saturated rings. The summed E-state index contributed by atoms with van der Waals surface area (Å²) in [5, 5.41) is 5.21. The molecule has 1 atom stereocenters. The van der Waals surface area contributed by atoms with E-state index in [1.165, 1.54) is 4.31 Å². The first-order chi connectivity index (χ1) is 12.9. The number of sulfonamides is 1. The molecule has 1 aliphatic heterocycles. The van der Waals surface area contributed by atoms with Crippen LogP contribution in [0.3, 0.4) is 0 Å². The summed E-state index contributed by atoms with van der Waals surface area (Å²) in [6, 6.07) is 11.9. The highest BCUT2D eigenvalue weighted by Crippen LogP contribution is 2.25. The molecule has 3 aromatic rings. The summed E-state index contributed by atoms with van der Waals surface area (Å²) in [4.78, 5) is 6.61. The highest BCUT2D eigenvalue weighted by Gasteiger charge is 2.32. The molecule has 1 unspecified atom stereocenters. The Morgan fingerprint density at radius 1 is 1.19 bits per heavy atom. The van der Waals surface area contributed by atoms with Gasteiger partial charge in [0.25, 0.3) is 0 Å². The van der Waals surface area contributed by atoms with Crippen molar-refractivity contribution in [2.45, 2.75) is 18.1 Å². The van der Waals surface area contributed by atoms with E-state index >= 15 is 0 Å². The van der Waals surface area contributed by atoms with Crippen LogP contribution < -0.4 is 4.90 Å². The molecule has 0 aliphatic carbocycles. The van der Waals surface area contributed by atoms with Crippen molar-refractivity contribution < 1.29 is 8.42 Å². The third kappa shape index (κ3) is 3.42. The van der Waals surface area contributed by atoms with Crippen LogP contribution in [-0.2, 0) is 10.0 Å². The van der Waals surface area contributed by atoms with Crippen LogP contribution in [0.15, 0.2) is 48.8 Å². The minimum Gasteiger partial charge on any atom is -0.355 e. The molecule has 0 saturated carbocycles. The van der Waals surface area contributed by atoms with Crippen molar-refractivity contribution in [1.29, 1.82) is 0 Å². The maximum atomic E-state index is 12.5. The highest BCUT2D eigenvalue weighted by molar-refractivity contribution is 7.89. The molecule has 142 valence electrons. The SMILES string of the molecule is CN(C)S(=O)(=O)C1CCCN(c2cc3nn(-c4ccccc4)cc3cn2)C1. The lowest BCUT2D eigenvalue weighted by molar-refractivity contribution is 0.478. The quantitative estimate of drug-likeness (QED) is 0.689. The van der Waals surface area contributed by atoms with E-state index in [1.54, 1.807) is 20.3 Å². The number of nitrogens with zero attached hydrogens (tertiary/aromatic N) is 5. The predicted octanol–water partition coefficient (Wildman–Crippen LogP) is 2.28. The summed E-state index contributed by atoms with van der Waals surface area (Å²) < 4.78 is 28.2. The number of para-hydroxylation sites is 1. The van der Waals surface area contributed by atoms with Crippen LogP contribution in [0.5, 0.6) is 0 Å². The van der Waals surface area contributed by atoms with E-state index < -0.39 is 15.3 Å². The van der Waals surface area contributed by atoms with Gasteiger partial charge in [-0.05, 0) is 25.0 Å². The zero-order valence-electron chi connectivity index (χ0n) is 15.5. The molecule has 0 N–H and O–H groups in total. The van der Waals surface area contributed by atoms with Gasteiger partial charge in [-0.25, -0.2) is 22.4 Å². The zero-order chi connectivity index (χ0) is 19.0. The second-order valence-corrected chi connectivity index (χ2v) is 9.48. The number of aromatic nitrogens is 3. The maximum absolute atomic E-state index is 12.5. The van der Waals surface area contributed by atoms with Crippen molar-refractivity contribution in [2.24, 2.45) is 0 Å². The molecule has 7 nitrogen and oxygen atoms in total. The van der Waals surface area contributed by atoms with Crippen molar-refractivity contribution in [1.82, 2.24) is 19.1 Å². The Labute approximate surface area is 159 Å². The number of hydrogen-bond acceptors (Lipinski definition) is 5. The second-order valence-electron chi connectivity index (χ2n) is 7.05. The van der Waals surface area contributed by atoms with Crippen LogP contribution in [0, 0.1) is 0 Å². The summed E-state index contributed by atoms with van der Waals surface area (Å²) in [6.07, 6.45) is 5.27. The number of fused-ring (bicyclic) bond motifs is 1. The normalized spacial score (nSPS) is 18.3. The fourth-order valence-corrected chi connectivity index (χ4v) is 4.91. The Balaban J connectivity index is 1.62. The van der Waals surface area contributed by atoms with E-state index in [4.69, 9.17) is 0 Å². The van der Waals surface area contributed by atoms with E-state index in [9.17, 15) is 8.42 Å². The Morgan fingerprint density at radius 3 is 2.70 bits per heavy atom. The summed E-state index contributed by atoms with van der Waals surface area (Å²) >= 11 is 0. The van der Waals surface area contributed by atoms with Crippen LogP contribution in [0.2, 0.25) is 0 Å². The monoisotopic (exact) mass is 385 g/mol. The second kappa shape index (κ2) is 6.94. The zero-order valence-corrected chi connectivity index (χ0v) is 16.3. The van der Waals surface area contributed by atoms with Gasteiger partial charge in [-0.2, -0.15) is 5.10 Å². The molecule has 1 aliphatic rings. The Hall–Kier alpha value is -2.45. The minimum atomic E-state index is -3.27.